The summed E-state index contributed by atoms with van der Waals surface area (Å²) in [5.41, 5.74) is 2.07. The Balaban J connectivity index is 2.61. The Morgan fingerprint density at radius 3 is 2.65 bits per heavy atom. The van der Waals surface area contributed by atoms with Gasteiger partial charge in [0.15, 0.2) is 0 Å². The van der Waals surface area contributed by atoms with Crippen molar-refractivity contribution in [3.05, 3.63) is 29.6 Å². The zero-order chi connectivity index (χ0) is 12.7. The van der Waals surface area contributed by atoms with Crippen molar-refractivity contribution in [1.82, 2.24) is 4.98 Å². The molecule has 1 unspecified atom stereocenters. The first-order valence-electron chi connectivity index (χ1n) is 6.34. The van der Waals surface area contributed by atoms with Crippen LogP contribution in [0.3, 0.4) is 0 Å². The maximum atomic E-state index is 11.1. The lowest BCUT2D eigenvalue weighted by Gasteiger charge is -2.11. The number of nitrogens with zero attached hydrogens (tertiary/aromatic N) is 1. The first-order valence-corrected chi connectivity index (χ1v) is 6.34. The number of aliphatic carboxylic acids is 1. The van der Waals surface area contributed by atoms with Crippen LogP contribution >= 0.6 is 0 Å². The second-order valence-corrected chi connectivity index (χ2v) is 4.39. The van der Waals surface area contributed by atoms with Crippen molar-refractivity contribution in [2.75, 3.05) is 0 Å². The van der Waals surface area contributed by atoms with Crippen molar-refractivity contribution < 1.29 is 9.90 Å². The Morgan fingerprint density at radius 1 is 1.41 bits per heavy atom. The van der Waals surface area contributed by atoms with Gasteiger partial charge in [0.25, 0.3) is 0 Å². The van der Waals surface area contributed by atoms with Crippen LogP contribution in [0.15, 0.2) is 18.3 Å². The zero-order valence-electron chi connectivity index (χ0n) is 10.6. The van der Waals surface area contributed by atoms with Crippen molar-refractivity contribution in [2.45, 2.75) is 46.0 Å². The van der Waals surface area contributed by atoms with Gasteiger partial charge in [0, 0.05) is 18.3 Å². The largest absolute Gasteiger partial charge is 0.481 e. The maximum absolute atomic E-state index is 11.1. The number of hydrogen-bond donors (Lipinski definition) is 1. The number of carbonyl (C=O) groups is 1. The molecular weight excluding hydrogens is 214 g/mol. The molecule has 1 atom stereocenters. The molecule has 0 saturated carbocycles. The highest BCUT2D eigenvalue weighted by Crippen LogP contribution is 2.15. The van der Waals surface area contributed by atoms with Crippen LogP contribution in [0.1, 0.15) is 44.4 Å². The van der Waals surface area contributed by atoms with Gasteiger partial charge >= 0.3 is 5.97 Å². The van der Waals surface area contributed by atoms with Gasteiger partial charge in [-0.3, -0.25) is 9.78 Å². The van der Waals surface area contributed by atoms with Crippen LogP contribution in [0, 0.1) is 5.92 Å². The highest BCUT2D eigenvalue weighted by molar-refractivity contribution is 5.70. The van der Waals surface area contributed by atoms with E-state index in [4.69, 9.17) is 5.11 Å². The van der Waals surface area contributed by atoms with Gasteiger partial charge in [-0.15, -0.1) is 0 Å². The van der Waals surface area contributed by atoms with E-state index in [1.165, 1.54) is 5.56 Å². The van der Waals surface area contributed by atoms with Crippen molar-refractivity contribution in [3.63, 3.8) is 0 Å². The minimum atomic E-state index is -0.709. The van der Waals surface area contributed by atoms with E-state index in [0.717, 1.165) is 31.4 Å². The molecular formula is C14H21NO2. The molecule has 0 fully saturated rings. The highest BCUT2D eigenvalue weighted by Gasteiger charge is 2.17. The molecule has 1 aromatic rings. The highest BCUT2D eigenvalue weighted by atomic mass is 16.4. The lowest BCUT2D eigenvalue weighted by atomic mass is 9.96. The van der Waals surface area contributed by atoms with Gasteiger partial charge in [-0.2, -0.15) is 0 Å². The standard InChI is InChI=1S/C14H21NO2/c1-3-5-6-12(14(16)17)9-13-8-7-11(4-2)10-15-13/h7-8,10,12H,3-6,9H2,1-2H3,(H,16,17). The molecule has 3 nitrogen and oxygen atoms in total. The summed E-state index contributed by atoms with van der Waals surface area (Å²) in [6.07, 6.45) is 6.08. The summed E-state index contributed by atoms with van der Waals surface area (Å²) in [5.74, 6) is -1.00. The number of aryl methyl sites for hydroxylation is 1. The Labute approximate surface area is 103 Å². The van der Waals surface area contributed by atoms with E-state index in [1.54, 1.807) is 0 Å². The van der Waals surface area contributed by atoms with Crippen molar-refractivity contribution in [3.8, 4) is 0 Å². The fourth-order valence-corrected chi connectivity index (χ4v) is 1.80. The fraction of sp³-hybridized carbons (Fsp3) is 0.571. The van der Waals surface area contributed by atoms with Crippen LogP contribution < -0.4 is 0 Å². The molecule has 1 heterocycles. The van der Waals surface area contributed by atoms with Gasteiger partial charge < -0.3 is 5.11 Å². The van der Waals surface area contributed by atoms with Gasteiger partial charge in [-0.05, 0) is 24.5 Å². The average Bonchev–Trinajstić information content (AvgIpc) is 2.35. The first-order chi connectivity index (χ1) is 8.17. The van der Waals surface area contributed by atoms with E-state index in [-0.39, 0.29) is 5.92 Å². The fourth-order valence-electron chi connectivity index (χ4n) is 1.80. The average molecular weight is 235 g/mol. The first kappa shape index (κ1) is 13.7. The monoisotopic (exact) mass is 235 g/mol. The predicted molar refractivity (Wildman–Crippen MR) is 68.0 cm³/mol. The van der Waals surface area contributed by atoms with E-state index in [2.05, 4.69) is 18.8 Å². The number of unbranched alkanes of at least 4 members (excludes halogenated alkanes) is 1. The minimum Gasteiger partial charge on any atom is -0.481 e. The van der Waals surface area contributed by atoms with Crippen molar-refractivity contribution in [1.29, 1.82) is 0 Å². The Hall–Kier alpha value is -1.38. The lowest BCUT2D eigenvalue weighted by Crippen LogP contribution is -2.17. The van der Waals surface area contributed by atoms with Crippen LogP contribution in [0.4, 0.5) is 0 Å². The molecule has 0 aliphatic rings. The molecule has 1 rings (SSSR count). The molecule has 0 amide bonds. The number of carboxylic acid groups (broad SMARTS) is 1. The van der Waals surface area contributed by atoms with Gasteiger partial charge in [0.1, 0.15) is 0 Å². The third-order valence-electron chi connectivity index (χ3n) is 3.01. The maximum Gasteiger partial charge on any atom is 0.306 e. The second-order valence-electron chi connectivity index (χ2n) is 4.39. The normalized spacial score (nSPS) is 12.4. The van der Waals surface area contributed by atoms with Gasteiger partial charge in [0.2, 0.25) is 0 Å². The molecule has 3 heteroatoms. The molecule has 1 N–H and O–H groups in total. The Morgan fingerprint density at radius 2 is 2.18 bits per heavy atom. The smallest absolute Gasteiger partial charge is 0.306 e. The summed E-state index contributed by atoms with van der Waals surface area (Å²) in [7, 11) is 0. The van der Waals surface area contributed by atoms with Crippen molar-refractivity contribution in [2.24, 2.45) is 5.92 Å². The SMILES string of the molecule is CCCCC(Cc1ccc(CC)cn1)C(=O)O. The van der Waals surface area contributed by atoms with Crippen LogP contribution in [0.25, 0.3) is 0 Å². The van der Waals surface area contributed by atoms with Crippen molar-refractivity contribution >= 4 is 5.97 Å². The molecule has 17 heavy (non-hydrogen) atoms. The van der Waals surface area contributed by atoms with Gasteiger partial charge in [-0.1, -0.05) is 32.8 Å². The molecule has 0 spiro atoms. The summed E-state index contributed by atoms with van der Waals surface area (Å²) in [4.78, 5) is 15.4. The summed E-state index contributed by atoms with van der Waals surface area (Å²) in [6.45, 7) is 4.16. The van der Waals surface area contributed by atoms with Crippen LogP contribution in [0.5, 0.6) is 0 Å². The summed E-state index contributed by atoms with van der Waals surface area (Å²) < 4.78 is 0. The molecule has 94 valence electrons. The van der Waals surface area contributed by atoms with Gasteiger partial charge in [0.05, 0.1) is 5.92 Å². The van der Waals surface area contributed by atoms with Crippen LogP contribution in [-0.2, 0) is 17.6 Å². The minimum absolute atomic E-state index is 0.296. The third kappa shape index (κ3) is 4.55. The summed E-state index contributed by atoms with van der Waals surface area (Å²) in [5, 5.41) is 9.13. The molecule has 0 aliphatic heterocycles. The number of pyridine rings is 1. The quantitative estimate of drug-likeness (QED) is 0.790. The molecule has 0 radical (unpaired) electrons. The number of hydrogen-bond acceptors (Lipinski definition) is 2. The Bertz CT molecular complexity index is 346. The predicted octanol–water partition coefficient (Wildman–Crippen LogP) is 3.08. The molecule has 0 aliphatic carbocycles. The Kier molecular flexibility index (Phi) is 5.67. The van der Waals surface area contributed by atoms with E-state index < -0.39 is 5.97 Å². The summed E-state index contributed by atoms with van der Waals surface area (Å²) >= 11 is 0. The van der Waals surface area contributed by atoms with Gasteiger partial charge in [-0.25, -0.2) is 0 Å². The zero-order valence-corrected chi connectivity index (χ0v) is 10.6. The molecule has 0 bridgehead atoms. The molecule has 0 saturated heterocycles. The van der Waals surface area contributed by atoms with Crippen LogP contribution in [0.2, 0.25) is 0 Å². The second kappa shape index (κ2) is 7.05. The lowest BCUT2D eigenvalue weighted by molar-refractivity contribution is -0.142. The van der Waals surface area contributed by atoms with E-state index in [9.17, 15) is 4.79 Å². The van der Waals surface area contributed by atoms with Crippen LogP contribution in [-0.4, -0.2) is 16.1 Å². The molecule has 1 aromatic heterocycles. The topological polar surface area (TPSA) is 50.2 Å². The number of aromatic nitrogens is 1. The molecule has 0 aromatic carbocycles. The number of rotatable bonds is 7. The van der Waals surface area contributed by atoms with E-state index >= 15 is 0 Å². The number of carboxylic acids is 1. The summed E-state index contributed by atoms with van der Waals surface area (Å²) in [6, 6.07) is 3.97. The van der Waals surface area contributed by atoms with E-state index in [0.29, 0.717) is 6.42 Å². The van der Waals surface area contributed by atoms with E-state index in [1.807, 2.05) is 18.3 Å². The third-order valence-corrected chi connectivity index (χ3v) is 3.01.